The summed E-state index contributed by atoms with van der Waals surface area (Å²) in [6, 6.07) is 1.80. The fraction of sp³-hybridized carbons (Fsp3) is 0.714. The van der Waals surface area contributed by atoms with Crippen LogP contribution < -0.4 is 5.32 Å². The SMILES string of the molecule is CC(C)Cc1cc(C(=O)NCC(C)(C)CCO)n[nH]1. The van der Waals surface area contributed by atoms with Crippen molar-refractivity contribution in [2.45, 2.75) is 40.5 Å². The Bertz CT molecular complexity index is 411. The number of aromatic nitrogens is 2. The summed E-state index contributed by atoms with van der Waals surface area (Å²) in [4.78, 5) is 11.9. The Balaban J connectivity index is 2.52. The van der Waals surface area contributed by atoms with Crippen LogP contribution in [0.5, 0.6) is 0 Å². The molecule has 108 valence electrons. The molecule has 1 aromatic heterocycles. The molecule has 1 amide bonds. The monoisotopic (exact) mass is 267 g/mol. The maximum absolute atomic E-state index is 11.9. The van der Waals surface area contributed by atoms with E-state index in [-0.39, 0.29) is 17.9 Å². The fourth-order valence-electron chi connectivity index (χ4n) is 1.82. The summed E-state index contributed by atoms with van der Waals surface area (Å²) in [6.45, 7) is 8.93. The number of nitrogens with zero attached hydrogens (tertiary/aromatic N) is 1. The van der Waals surface area contributed by atoms with E-state index in [2.05, 4.69) is 29.4 Å². The van der Waals surface area contributed by atoms with Gasteiger partial charge in [-0.05, 0) is 30.2 Å². The number of rotatable bonds is 7. The molecule has 1 heterocycles. The molecule has 0 unspecified atom stereocenters. The first-order valence-corrected chi connectivity index (χ1v) is 6.77. The molecule has 0 aromatic carbocycles. The third-order valence-electron chi connectivity index (χ3n) is 3.01. The highest BCUT2D eigenvalue weighted by Crippen LogP contribution is 2.18. The summed E-state index contributed by atoms with van der Waals surface area (Å²) in [5, 5.41) is 18.7. The molecule has 0 aliphatic carbocycles. The summed E-state index contributed by atoms with van der Waals surface area (Å²) >= 11 is 0. The van der Waals surface area contributed by atoms with E-state index in [1.165, 1.54) is 0 Å². The van der Waals surface area contributed by atoms with Crippen LogP contribution in [0.25, 0.3) is 0 Å². The van der Waals surface area contributed by atoms with Crippen molar-refractivity contribution >= 4 is 5.91 Å². The van der Waals surface area contributed by atoms with Gasteiger partial charge >= 0.3 is 0 Å². The largest absolute Gasteiger partial charge is 0.396 e. The van der Waals surface area contributed by atoms with Gasteiger partial charge in [-0.25, -0.2) is 0 Å². The second-order valence-corrected chi connectivity index (χ2v) is 6.20. The number of carbonyl (C=O) groups excluding carboxylic acids is 1. The molecule has 0 fully saturated rings. The maximum Gasteiger partial charge on any atom is 0.271 e. The number of aromatic amines is 1. The van der Waals surface area contributed by atoms with Crippen molar-refractivity contribution in [2.75, 3.05) is 13.2 Å². The van der Waals surface area contributed by atoms with Crippen LogP contribution in [-0.2, 0) is 6.42 Å². The van der Waals surface area contributed by atoms with E-state index in [4.69, 9.17) is 5.11 Å². The third kappa shape index (κ3) is 5.42. The van der Waals surface area contributed by atoms with Crippen LogP contribution in [0.1, 0.15) is 50.3 Å². The van der Waals surface area contributed by atoms with Crippen molar-refractivity contribution in [1.82, 2.24) is 15.5 Å². The van der Waals surface area contributed by atoms with E-state index in [0.717, 1.165) is 12.1 Å². The topological polar surface area (TPSA) is 78.0 Å². The van der Waals surface area contributed by atoms with Gasteiger partial charge in [-0.2, -0.15) is 5.10 Å². The molecule has 0 spiro atoms. The Morgan fingerprint density at radius 2 is 2.21 bits per heavy atom. The molecule has 0 atom stereocenters. The zero-order valence-corrected chi connectivity index (χ0v) is 12.3. The molecule has 1 aromatic rings. The van der Waals surface area contributed by atoms with Crippen LogP contribution in [0.3, 0.4) is 0 Å². The van der Waals surface area contributed by atoms with Crippen molar-refractivity contribution in [2.24, 2.45) is 11.3 Å². The van der Waals surface area contributed by atoms with Crippen LogP contribution in [0, 0.1) is 11.3 Å². The first-order valence-electron chi connectivity index (χ1n) is 6.77. The van der Waals surface area contributed by atoms with Crippen molar-refractivity contribution in [3.05, 3.63) is 17.5 Å². The van der Waals surface area contributed by atoms with E-state index in [1.54, 1.807) is 6.07 Å². The number of aliphatic hydroxyl groups excluding tert-OH is 1. The highest BCUT2D eigenvalue weighted by molar-refractivity contribution is 5.92. The lowest BCUT2D eigenvalue weighted by Crippen LogP contribution is -2.34. The Hall–Kier alpha value is -1.36. The van der Waals surface area contributed by atoms with Crippen molar-refractivity contribution in [3.63, 3.8) is 0 Å². The number of nitrogens with one attached hydrogen (secondary N) is 2. The summed E-state index contributed by atoms with van der Waals surface area (Å²) in [5.41, 5.74) is 1.30. The molecule has 0 aliphatic heterocycles. The Morgan fingerprint density at radius 1 is 1.53 bits per heavy atom. The smallest absolute Gasteiger partial charge is 0.271 e. The van der Waals surface area contributed by atoms with Crippen molar-refractivity contribution < 1.29 is 9.90 Å². The molecular weight excluding hydrogens is 242 g/mol. The van der Waals surface area contributed by atoms with Gasteiger partial charge in [0, 0.05) is 18.8 Å². The molecular formula is C14H25N3O2. The van der Waals surface area contributed by atoms with Crippen molar-refractivity contribution in [3.8, 4) is 0 Å². The second-order valence-electron chi connectivity index (χ2n) is 6.20. The normalized spacial score (nSPS) is 11.9. The van der Waals surface area contributed by atoms with Crippen LogP contribution in [0.2, 0.25) is 0 Å². The highest BCUT2D eigenvalue weighted by atomic mass is 16.3. The van der Waals surface area contributed by atoms with Gasteiger partial charge in [-0.3, -0.25) is 9.89 Å². The molecule has 1 rings (SSSR count). The molecule has 0 saturated carbocycles. The number of aliphatic hydroxyl groups is 1. The zero-order chi connectivity index (χ0) is 14.5. The summed E-state index contributed by atoms with van der Waals surface area (Å²) < 4.78 is 0. The second kappa shape index (κ2) is 6.70. The molecule has 19 heavy (non-hydrogen) atoms. The average Bonchev–Trinajstić information content (AvgIpc) is 2.73. The van der Waals surface area contributed by atoms with Gasteiger partial charge in [0.05, 0.1) is 0 Å². The summed E-state index contributed by atoms with van der Waals surface area (Å²) in [5.74, 6) is 0.358. The minimum absolute atomic E-state index is 0.110. The van der Waals surface area contributed by atoms with E-state index in [9.17, 15) is 4.79 Å². The van der Waals surface area contributed by atoms with E-state index >= 15 is 0 Å². The molecule has 5 heteroatoms. The lowest BCUT2D eigenvalue weighted by atomic mass is 9.90. The minimum Gasteiger partial charge on any atom is -0.396 e. The van der Waals surface area contributed by atoms with Crippen LogP contribution in [-0.4, -0.2) is 34.4 Å². The lowest BCUT2D eigenvalue weighted by Gasteiger charge is -2.23. The van der Waals surface area contributed by atoms with E-state index in [1.807, 2.05) is 13.8 Å². The highest BCUT2D eigenvalue weighted by Gasteiger charge is 2.19. The van der Waals surface area contributed by atoms with Gasteiger partial charge in [0.25, 0.3) is 5.91 Å². The number of carbonyl (C=O) groups is 1. The predicted octanol–water partition coefficient (Wildman–Crippen LogP) is 1.75. The van der Waals surface area contributed by atoms with E-state index < -0.39 is 0 Å². The van der Waals surface area contributed by atoms with Gasteiger partial charge in [0.1, 0.15) is 5.69 Å². The molecule has 0 bridgehead atoms. The first kappa shape index (κ1) is 15.7. The van der Waals surface area contributed by atoms with Crippen LogP contribution in [0.4, 0.5) is 0 Å². The van der Waals surface area contributed by atoms with Gasteiger partial charge in [0.2, 0.25) is 0 Å². The first-order chi connectivity index (χ1) is 8.84. The number of amides is 1. The minimum atomic E-state index is -0.169. The van der Waals surface area contributed by atoms with Gasteiger partial charge in [-0.15, -0.1) is 0 Å². The Kier molecular flexibility index (Phi) is 5.54. The quantitative estimate of drug-likeness (QED) is 0.704. The molecule has 3 N–H and O–H groups in total. The number of hydrogen-bond donors (Lipinski definition) is 3. The van der Waals surface area contributed by atoms with Crippen LogP contribution >= 0.6 is 0 Å². The van der Waals surface area contributed by atoms with Crippen LogP contribution in [0.15, 0.2) is 6.07 Å². The molecule has 0 radical (unpaired) electrons. The van der Waals surface area contributed by atoms with Gasteiger partial charge < -0.3 is 10.4 Å². The zero-order valence-electron chi connectivity index (χ0n) is 12.3. The van der Waals surface area contributed by atoms with Gasteiger partial charge in [0.15, 0.2) is 0 Å². The fourth-order valence-corrected chi connectivity index (χ4v) is 1.82. The Labute approximate surface area is 114 Å². The lowest BCUT2D eigenvalue weighted by molar-refractivity contribution is 0.0923. The van der Waals surface area contributed by atoms with E-state index in [0.29, 0.717) is 24.6 Å². The molecule has 0 aliphatic rings. The Morgan fingerprint density at radius 3 is 2.79 bits per heavy atom. The maximum atomic E-state index is 11.9. The average molecular weight is 267 g/mol. The number of H-pyrrole nitrogens is 1. The molecule has 0 saturated heterocycles. The third-order valence-corrected chi connectivity index (χ3v) is 3.01. The molecule has 5 nitrogen and oxygen atoms in total. The predicted molar refractivity (Wildman–Crippen MR) is 74.9 cm³/mol. The number of hydrogen-bond acceptors (Lipinski definition) is 3. The van der Waals surface area contributed by atoms with Crippen molar-refractivity contribution in [1.29, 1.82) is 0 Å². The summed E-state index contributed by atoms with van der Waals surface area (Å²) in [6.07, 6.45) is 1.54. The van der Waals surface area contributed by atoms with Gasteiger partial charge in [-0.1, -0.05) is 27.7 Å². The standard InChI is InChI=1S/C14H25N3O2/c1-10(2)7-11-8-12(17-16-11)13(19)15-9-14(3,4)5-6-18/h8,10,18H,5-7,9H2,1-4H3,(H,15,19)(H,16,17). The summed E-state index contributed by atoms with van der Waals surface area (Å²) in [7, 11) is 0.